The Kier molecular flexibility index (Phi) is 3.65. The molecule has 0 amide bonds. The monoisotopic (exact) mass is 252 g/mol. The van der Waals surface area contributed by atoms with Crippen LogP contribution < -0.4 is 0 Å². The van der Waals surface area contributed by atoms with Crippen LogP contribution >= 0.6 is 0 Å². The molecule has 1 fully saturated rings. The third-order valence-electron chi connectivity index (χ3n) is 4.77. The first kappa shape index (κ1) is 13.8. The summed E-state index contributed by atoms with van der Waals surface area (Å²) in [6.07, 6.45) is 5.58. The maximum absolute atomic E-state index is 12.0. The van der Waals surface area contributed by atoms with E-state index in [0.717, 1.165) is 30.4 Å². The molecule has 2 aliphatic rings. The fourth-order valence-electron chi connectivity index (χ4n) is 3.78. The van der Waals surface area contributed by atoms with Crippen LogP contribution in [0.4, 0.5) is 0 Å². The first-order valence-corrected chi connectivity index (χ1v) is 7.19. The van der Waals surface area contributed by atoms with Gasteiger partial charge < -0.3 is 10.2 Å². The number of carbonyl (C=O) groups excluding carboxylic acids is 1. The van der Waals surface area contributed by atoms with E-state index in [0.29, 0.717) is 25.7 Å². The minimum absolute atomic E-state index is 0.0239. The molecular formula is C15H24O3. The quantitative estimate of drug-likeness (QED) is 0.811. The van der Waals surface area contributed by atoms with Crippen LogP contribution in [-0.4, -0.2) is 27.2 Å². The minimum atomic E-state index is -1.30. The number of ketones is 1. The first-order valence-electron chi connectivity index (χ1n) is 7.19. The molecule has 0 radical (unpaired) electrons. The summed E-state index contributed by atoms with van der Waals surface area (Å²) >= 11 is 0. The molecule has 1 atom stereocenters. The van der Waals surface area contributed by atoms with Gasteiger partial charge in [-0.2, -0.15) is 0 Å². The van der Waals surface area contributed by atoms with Gasteiger partial charge in [0.15, 0.2) is 5.78 Å². The van der Waals surface area contributed by atoms with Crippen molar-refractivity contribution in [1.29, 1.82) is 0 Å². The summed E-state index contributed by atoms with van der Waals surface area (Å²) in [4.78, 5) is 12.0. The average molecular weight is 252 g/mol. The zero-order valence-electron chi connectivity index (χ0n) is 11.5. The highest BCUT2D eigenvalue weighted by Gasteiger charge is 2.56. The van der Waals surface area contributed by atoms with Crippen molar-refractivity contribution in [3.8, 4) is 0 Å². The molecule has 102 valence electrons. The minimum Gasteiger partial charge on any atom is -0.387 e. The molecule has 2 aliphatic carbocycles. The lowest BCUT2D eigenvalue weighted by atomic mass is 9.69. The van der Waals surface area contributed by atoms with E-state index in [-0.39, 0.29) is 12.2 Å². The van der Waals surface area contributed by atoms with Crippen LogP contribution in [0.1, 0.15) is 65.2 Å². The number of hydrogen-bond donors (Lipinski definition) is 2. The van der Waals surface area contributed by atoms with E-state index in [4.69, 9.17) is 0 Å². The number of allylic oxidation sites excluding steroid dienone is 1. The van der Waals surface area contributed by atoms with E-state index in [1.54, 1.807) is 0 Å². The van der Waals surface area contributed by atoms with Gasteiger partial charge in [-0.15, -0.1) is 0 Å². The summed E-state index contributed by atoms with van der Waals surface area (Å²) in [5.74, 6) is 0.0239. The van der Waals surface area contributed by atoms with Crippen molar-refractivity contribution in [3.05, 3.63) is 11.1 Å². The van der Waals surface area contributed by atoms with E-state index < -0.39 is 11.2 Å². The normalized spacial score (nSPS) is 32.1. The molecule has 18 heavy (non-hydrogen) atoms. The number of carbonyl (C=O) groups is 1. The van der Waals surface area contributed by atoms with Crippen molar-refractivity contribution in [1.82, 2.24) is 0 Å². The number of hydrogen-bond acceptors (Lipinski definition) is 3. The standard InChI is InChI=1S/C15H24O3/c1-3-11-12(4-2)15(18,10-13(11)16)14(17)8-6-5-7-9-14/h17-18H,3-10H2,1-2H3. The molecule has 3 heteroatoms. The summed E-state index contributed by atoms with van der Waals surface area (Å²) < 4.78 is 0. The van der Waals surface area contributed by atoms with E-state index in [1.807, 2.05) is 13.8 Å². The topological polar surface area (TPSA) is 57.5 Å². The molecule has 2 rings (SSSR count). The van der Waals surface area contributed by atoms with Gasteiger partial charge in [-0.1, -0.05) is 33.1 Å². The number of rotatable bonds is 3. The predicted octanol–water partition coefficient (Wildman–Crippen LogP) is 2.50. The zero-order chi connectivity index (χ0) is 13.4. The van der Waals surface area contributed by atoms with Gasteiger partial charge in [-0.3, -0.25) is 4.79 Å². The summed E-state index contributed by atoms with van der Waals surface area (Å²) in [7, 11) is 0. The fraction of sp³-hybridized carbons (Fsp3) is 0.800. The van der Waals surface area contributed by atoms with Gasteiger partial charge in [0.05, 0.1) is 5.60 Å². The van der Waals surface area contributed by atoms with Crippen LogP contribution in [0.15, 0.2) is 11.1 Å². The third kappa shape index (κ3) is 1.84. The molecular weight excluding hydrogens is 228 g/mol. The van der Waals surface area contributed by atoms with E-state index in [1.165, 1.54) is 0 Å². The maximum Gasteiger partial charge on any atom is 0.162 e. The molecule has 0 spiro atoms. The van der Waals surface area contributed by atoms with Crippen molar-refractivity contribution in [2.75, 3.05) is 0 Å². The lowest BCUT2D eigenvalue weighted by Crippen LogP contribution is -2.55. The summed E-state index contributed by atoms with van der Waals surface area (Å²) in [6.45, 7) is 3.90. The Labute approximate surface area is 109 Å². The Morgan fingerprint density at radius 2 is 1.67 bits per heavy atom. The van der Waals surface area contributed by atoms with Crippen LogP contribution in [-0.2, 0) is 4.79 Å². The van der Waals surface area contributed by atoms with Crippen LogP contribution in [0.25, 0.3) is 0 Å². The van der Waals surface area contributed by atoms with Crippen molar-refractivity contribution >= 4 is 5.78 Å². The molecule has 2 N–H and O–H groups in total. The van der Waals surface area contributed by atoms with Crippen LogP contribution in [0.3, 0.4) is 0 Å². The molecule has 3 nitrogen and oxygen atoms in total. The average Bonchev–Trinajstić information content (AvgIpc) is 2.61. The van der Waals surface area contributed by atoms with Crippen molar-refractivity contribution in [2.45, 2.75) is 76.4 Å². The summed E-state index contributed by atoms with van der Waals surface area (Å²) in [5, 5.41) is 21.8. The molecule has 0 bridgehead atoms. The van der Waals surface area contributed by atoms with Crippen LogP contribution in [0.5, 0.6) is 0 Å². The van der Waals surface area contributed by atoms with Crippen LogP contribution in [0, 0.1) is 0 Å². The van der Waals surface area contributed by atoms with Gasteiger partial charge in [-0.25, -0.2) is 0 Å². The first-order chi connectivity index (χ1) is 8.48. The van der Waals surface area contributed by atoms with Gasteiger partial charge >= 0.3 is 0 Å². The zero-order valence-corrected chi connectivity index (χ0v) is 11.5. The van der Waals surface area contributed by atoms with Gasteiger partial charge in [-0.05, 0) is 36.8 Å². The molecule has 1 unspecified atom stereocenters. The molecule has 0 heterocycles. The van der Waals surface area contributed by atoms with Gasteiger partial charge in [0.1, 0.15) is 5.60 Å². The van der Waals surface area contributed by atoms with E-state index >= 15 is 0 Å². The smallest absolute Gasteiger partial charge is 0.162 e. The van der Waals surface area contributed by atoms with E-state index in [9.17, 15) is 15.0 Å². The second-order valence-corrected chi connectivity index (χ2v) is 5.72. The molecule has 0 aromatic carbocycles. The highest BCUT2D eigenvalue weighted by molar-refractivity contribution is 6.00. The fourth-order valence-corrected chi connectivity index (χ4v) is 3.78. The second-order valence-electron chi connectivity index (χ2n) is 5.72. The second kappa shape index (κ2) is 4.78. The Morgan fingerprint density at radius 3 is 2.17 bits per heavy atom. The lowest BCUT2D eigenvalue weighted by Gasteiger charge is -2.45. The number of aliphatic hydroxyl groups is 2. The number of Topliss-reactive ketones (excluding diaryl/α,β-unsaturated/α-hetero) is 1. The Morgan fingerprint density at radius 1 is 1.06 bits per heavy atom. The highest BCUT2D eigenvalue weighted by Crippen LogP contribution is 2.48. The SMILES string of the molecule is CCC1=C(CC)C(O)(C2(O)CCCCC2)CC1=O. The molecule has 0 aromatic rings. The highest BCUT2D eigenvalue weighted by atomic mass is 16.4. The van der Waals surface area contributed by atoms with Crippen molar-refractivity contribution < 1.29 is 15.0 Å². The van der Waals surface area contributed by atoms with Crippen molar-refractivity contribution in [2.24, 2.45) is 0 Å². The Balaban J connectivity index is 2.41. The molecule has 1 saturated carbocycles. The Bertz CT molecular complexity index is 377. The van der Waals surface area contributed by atoms with Gasteiger partial charge in [0.2, 0.25) is 0 Å². The van der Waals surface area contributed by atoms with E-state index in [2.05, 4.69) is 0 Å². The maximum atomic E-state index is 12.0. The lowest BCUT2D eigenvalue weighted by molar-refractivity contribution is -0.153. The van der Waals surface area contributed by atoms with Gasteiger partial charge in [0, 0.05) is 6.42 Å². The largest absolute Gasteiger partial charge is 0.387 e. The summed E-state index contributed by atoms with van der Waals surface area (Å²) in [6, 6.07) is 0. The third-order valence-corrected chi connectivity index (χ3v) is 4.77. The Hall–Kier alpha value is -0.670. The molecule has 0 aromatic heterocycles. The van der Waals surface area contributed by atoms with Crippen molar-refractivity contribution in [3.63, 3.8) is 0 Å². The summed E-state index contributed by atoms with van der Waals surface area (Å²) in [5.41, 5.74) is -0.855. The van der Waals surface area contributed by atoms with Crippen LogP contribution in [0.2, 0.25) is 0 Å². The van der Waals surface area contributed by atoms with Gasteiger partial charge in [0.25, 0.3) is 0 Å². The molecule has 0 aliphatic heterocycles. The predicted molar refractivity (Wildman–Crippen MR) is 70.2 cm³/mol. The molecule has 0 saturated heterocycles.